The molecule has 0 fully saturated rings. The fourth-order valence-corrected chi connectivity index (χ4v) is 12.7. The topological polar surface area (TPSA) is 52.9 Å². The molecule has 0 bridgehead atoms. The Bertz CT molecular complexity index is 2880. The van der Waals surface area contributed by atoms with Crippen LogP contribution in [0, 0.1) is 0 Å². The molecule has 6 nitrogen and oxygen atoms in total. The van der Waals surface area contributed by atoms with Gasteiger partial charge in [0.2, 0.25) is 0 Å². The number of hydrogen-bond donors (Lipinski definition) is 0. The lowest BCUT2D eigenvalue weighted by atomic mass is 9.84. The van der Waals surface area contributed by atoms with Crippen molar-refractivity contribution in [2.24, 2.45) is 0 Å². The van der Waals surface area contributed by atoms with E-state index in [0.717, 1.165) is 56.0 Å². The van der Waals surface area contributed by atoms with Crippen molar-refractivity contribution in [3.8, 4) is 40.2 Å². The number of benzene rings is 6. The van der Waals surface area contributed by atoms with Crippen LogP contribution < -0.4 is 35.0 Å². The molecule has 7 heteroatoms. The van der Waals surface area contributed by atoms with E-state index in [2.05, 4.69) is 169 Å². The first-order chi connectivity index (χ1) is 26.0. The molecule has 4 aliphatic rings. The molecule has 274 valence electrons. The standard InChI is InChI=1S/C48H43N2O4P/c1-46(2,3)26-18-20-34-36(22-26)52-37-25-31(48(7,8)9)42-45-40(37)50(34)35-21-19-30(47(4,5)6)41-43(35)55(45,51)44-38(53-41)23-27(24-39(44)54-42)49-32-16-12-10-14-28(32)29-15-11-13-17-33(29)49/h10-25H,1-9H3. The van der Waals surface area contributed by atoms with Crippen LogP contribution >= 0.6 is 7.14 Å². The van der Waals surface area contributed by atoms with Gasteiger partial charge < -0.3 is 28.2 Å². The Morgan fingerprint density at radius 3 is 1.69 bits per heavy atom. The van der Waals surface area contributed by atoms with Crippen molar-refractivity contribution in [1.29, 1.82) is 0 Å². The summed E-state index contributed by atoms with van der Waals surface area (Å²) in [4.78, 5) is 2.25. The zero-order valence-electron chi connectivity index (χ0n) is 32.7. The Labute approximate surface area is 321 Å². The van der Waals surface area contributed by atoms with Gasteiger partial charge in [0.15, 0.2) is 18.6 Å². The van der Waals surface area contributed by atoms with Gasteiger partial charge in [0.25, 0.3) is 0 Å². The summed E-state index contributed by atoms with van der Waals surface area (Å²) < 4.78 is 40.7. The molecule has 11 rings (SSSR count). The van der Waals surface area contributed by atoms with Crippen molar-refractivity contribution in [3.63, 3.8) is 0 Å². The molecule has 0 saturated heterocycles. The molecule has 55 heavy (non-hydrogen) atoms. The molecule has 5 heterocycles. The van der Waals surface area contributed by atoms with Gasteiger partial charge in [-0.3, -0.25) is 0 Å². The molecule has 0 radical (unpaired) electrons. The lowest BCUT2D eigenvalue weighted by Gasteiger charge is -2.47. The highest BCUT2D eigenvalue weighted by molar-refractivity contribution is 7.87. The molecule has 0 N–H and O–H groups in total. The maximum atomic E-state index is 17.1. The summed E-state index contributed by atoms with van der Waals surface area (Å²) in [6, 6.07) is 34.0. The van der Waals surface area contributed by atoms with E-state index in [0.29, 0.717) is 39.4 Å². The lowest BCUT2D eigenvalue weighted by Crippen LogP contribution is -2.44. The molecule has 0 amide bonds. The number of rotatable bonds is 1. The Morgan fingerprint density at radius 2 is 1.09 bits per heavy atom. The van der Waals surface area contributed by atoms with Gasteiger partial charge in [-0.25, -0.2) is 0 Å². The van der Waals surface area contributed by atoms with Crippen molar-refractivity contribution >= 4 is 61.9 Å². The summed E-state index contributed by atoms with van der Waals surface area (Å²) in [6.45, 7) is 19.8. The van der Waals surface area contributed by atoms with Crippen LogP contribution in [0.15, 0.2) is 97.1 Å². The zero-order chi connectivity index (χ0) is 38.1. The van der Waals surface area contributed by atoms with Crippen LogP contribution in [0.1, 0.15) is 79.0 Å². The second-order valence-electron chi connectivity index (χ2n) is 18.6. The molecule has 1 atom stereocenters. The average molecular weight is 743 g/mol. The van der Waals surface area contributed by atoms with Crippen LogP contribution in [0.3, 0.4) is 0 Å². The normalized spacial score (nSPS) is 17.4. The van der Waals surface area contributed by atoms with Crippen LogP contribution in [0.4, 0.5) is 17.1 Å². The number of anilines is 3. The smallest absolute Gasteiger partial charge is 0.190 e. The summed E-state index contributed by atoms with van der Waals surface area (Å²) in [5.74, 6) is 3.91. The number of fused-ring (bicyclic) bond motifs is 6. The molecule has 7 aromatic rings. The van der Waals surface area contributed by atoms with Gasteiger partial charge in [0.05, 0.1) is 38.7 Å². The number of ether oxygens (including phenoxy) is 3. The minimum Gasteiger partial charge on any atom is -0.455 e. The Hall–Kier alpha value is -5.45. The SMILES string of the molecule is CC(C)(C)c1ccc2c(c1)Oc1cc(C(C)(C)C)c3c4c1N2c1ccc(C(C)(C)C)c2c1P4(=O)c1c(cc(-n4c5ccccc5c5ccccc54)cc1O3)O2. The number of hydrogen-bond acceptors (Lipinski definition) is 5. The van der Waals surface area contributed by atoms with Gasteiger partial charge >= 0.3 is 0 Å². The predicted octanol–water partition coefficient (Wildman–Crippen LogP) is 12.4. The summed E-state index contributed by atoms with van der Waals surface area (Å²) in [5.41, 5.74) is 7.99. The summed E-state index contributed by atoms with van der Waals surface area (Å²) in [6.07, 6.45) is 0. The predicted molar refractivity (Wildman–Crippen MR) is 225 cm³/mol. The second-order valence-corrected chi connectivity index (χ2v) is 21.2. The van der Waals surface area contributed by atoms with Crippen molar-refractivity contribution in [2.75, 3.05) is 4.90 Å². The molecular formula is C48H43N2O4P. The summed E-state index contributed by atoms with van der Waals surface area (Å²) in [5, 5.41) is 4.38. The average Bonchev–Trinajstić information content (AvgIpc) is 3.46. The van der Waals surface area contributed by atoms with Gasteiger partial charge in [0, 0.05) is 34.0 Å². The minimum absolute atomic E-state index is 0.0733. The Kier molecular flexibility index (Phi) is 6.13. The molecular weight excluding hydrogens is 700 g/mol. The van der Waals surface area contributed by atoms with E-state index in [-0.39, 0.29) is 16.2 Å². The number of para-hydroxylation sites is 2. The third-order valence-electron chi connectivity index (χ3n) is 11.9. The van der Waals surface area contributed by atoms with E-state index in [1.54, 1.807) is 0 Å². The first-order valence-electron chi connectivity index (χ1n) is 19.2. The minimum atomic E-state index is -3.64. The van der Waals surface area contributed by atoms with Crippen LogP contribution in [0.5, 0.6) is 34.5 Å². The first-order valence-corrected chi connectivity index (χ1v) is 20.9. The first kappa shape index (κ1) is 32.9. The quantitative estimate of drug-likeness (QED) is 0.157. The molecule has 0 spiro atoms. The van der Waals surface area contributed by atoms with Crippen molar-refractivity contribution < 1.29 is 18.8 Å². The highest BCUT2D eigenvalue weighted by Crippen LogP contribution is 2.70. The fraction of sp³-hybridized carbons (Fsp3) is 0.250. The van der Waals surface area contributed by atoms with Crippen LogP contribution in [0.25, 0.3) is 27.5 Å². The van der Waals surface area contributed by atoms with Crippen LogP contribution in [-0.2, 0) is 20.8 Å². The van der Waals surface area contributed by atoms with Gasteiger partial charge in [-0.2, -0.15) is 0 Å². The third-order valence-corrected chi connectivity index (χ3v) is 15.1. The van der Waals surface area contributed by atoms with Gasteiger partial charge in [-0.05, 0) is 58.2 Å². The van der Waals surface area contributed by atoms with Gasteiger partial charge in [-0.15, -0.1) is 0 Å². The van der Waals surface area contributed by atoms with E-state index >= 15 is 4.57 Å². The highest BCUT2D eigenvalue weighted by atomic mass is 31.2. The van der Waals surface area contributed by atoms with Crippen molar-refractivity contribution in [2.45, 2.75) is 78.6 Å². The molecule has 1 aromatic heterocycles. The van der Waals surface area contributed by atoms with E-state index in [1.807, 2.05) is 0 Å². The maximum absolute atomic E-state index is 17.1. The molecule has 1 unspecified atom stereocenters. The van der Waals surface area contributed by atoms with Gasteiger partial charge in [0.1, 0.15) is 34.0 Å². The summed E-state index contributed by atoms with van der Waals surface area (Å²) in [7, 11) is -3.64. The van der Waals surface area contributed by atoms with E-state index in [1.165, 1.54) is 16.3 Å². The van der Waals surface area contributed by atoms with E-state index in [9.17, 15) is 0 Å². The zero-order valence-corrected chi connectivity index (χ0v) is 33.6. The molecule has 0 aliphatic carbocycles. The fourth-order valence-electron chi connectivity index (χ4n) is 9.26. The Morgan fingerprint density at radius 1 is 0.509 bits per heavy atom. The van der Waals surface area contributed by atoms with Crippen LogP contribution in [-0.4, -0.2) is 4.57 Å². The number of nitrogens with zero attached hydrogens (tertiary/aromatic N) is 2. The summed E-state index contributed by atoms with van der Waals surface area (Å²) >= 11 is 0. The molecule has 4 aliphatic heterocycles. The van der Waals surface area contributed by atoms with Gasteiger partial charge in [-0.1, -0.05) is 111 Å². The molecule has 0 saturated carbocycles. The Balaban J connectivity index is 1.27. The maximum Gasteiger partial charge on any atom is 0.190 e. The lowest BCUT2D eigenvalue weighted by molar-refractivity contribution is 0.432. The van der Waals surface area contributed by atoms with E-state index in [4.69, 9.17) is 14.2 Å². The molecule has 6 aromatic carbocycles. The highest BCUT2D eigenvalue weighted by Gasteiger charge is 2.57. The third kappa shape index (κ3) is 4.19. The van der Waals surface area contributed by atoms with Crippen molar-refractivity contribution in [3.05, 3.63) is 114 Å². The number of aromatic nitrogens is 1. The van der Waals surface area contributed by atoms with Crippen molar-refractivity contribution in [1.82, 2.24) is 4.57 Å². The largest absolute Gasteiger partial charge is 0.455 e. The van der Waals surface area contributed by atoms with Crippen LogP contribution in [0.2, 0.25) is 0 Å². The second kappa shape index (κ2) is 10.2. The van der Waals surface area contributed by atoms with E-state index < -0.39 is 7.14 Å². The monoisotopic (exact) mass is 742 g/mol.